The summed E-state index contributed by atoms with van der Waals surface area (Å²) in [5, 5.41) is 3.73. The molecule has 32 heavy (non-hydrogen) atoms. The van der Waals surface area contributed by atoms with Gasteiger partial charge in [-0.3, -0.25) is 4.79 Å². The SMILES string of the molecule is Nc1ccc2c(c1)CCc1nc(NC(=O)Cc3ccc(Cl)cc3)c(CC3CCCC3)nc1-2. The maximum absolute atomic E-state index is 12.8. The Morgan fingerprint density at radius 3 is 2.62 bits per heavy atom. The molecule has 0 bridgehead atoms. The first-order valence-electron chi connectivity index (χ1n) is 11.4. The van der Waals surface area contributed by atoms with E-state index in [4.69, 9.17) is 27.3 Å². The first kappa shape index (κ1) is 21.0. The van der Waals surface area contributed by atoms with Gasteiger partial charge in [0.05, 0.1) is 23.5 Å². The maximum Gasteiger partial charge on any atom is 0.229 e. The second-order valence-corrected chi connectivity index (χ2v) is 9.37. The lowest BCUT2D eigenvalue weighted by Crippen LogP contribution is -2.20. The number of anilines is 2. The van der Waals surface area contributed by atoms with E-state index in [0.29, 0.717) is 16.8 Å². The normalized spacial score (nSPS) is 15.3. The number of fused-ring (bicyclic) bond motifs is 3. The number of hydrogen-bond acceptors (Lipinski definition) is 4. The van der Waals surface area contributed by atoms with E-state index >= 15 is 0 Å². The summed E-state index contributed by atoms with van der Waals surface area (Å²) in [4.78, 5) is 22.8. The molecule has 6 heteroatoms. The molecule has 164 valence electrons. The first-order chi connectivity index (χ1) is 15.5. The fourth-order valence-electron chi connectivity index (χ4n) is 4.89. The van der Waals surface area contributed by atoms with Gasteiger partial charge in [-0.1, -0.05) is 55.5 Å². The van der Waals surface area contributed by atoms with Gasteiger partial charge in [-0.15, -0.1) is 0 Å². The number of nitrogen functional groups attached to an aromatic ring is 1. The number of nitrogens with zero attached hydrogens (tertiary/aromatic N) is 2. The minimum absolute atomic E-state index is 0.0850. The third kappa shape index (κ3) is 4.49. The van der Waals surface area contributed by atoms with Crippen LogP contribution in [0.15, 0.2) is 42.5 Å². The van der Waals surface area contributed by atoms with Gasteiger partial charge in [0.2, 0.25) is 5.91 Å². The third-order valence-electron chi connectivity index (χ3n) is 6.55. The van der Waals surface area contributed by atoms with Gasteiger partial charge in [0.1, 0.15) is 0 Å². The van der Waals surface area contributed by atoms with Crippen LogP contribution in [0, 0.1) is 5.92 Å². The average molecular weight is 447 g/mol. The van der Waals surface area contributed by atoms with Crippen LogP contribution < -0.4 is 11.1 Å². The standard InChI is InChI=1S/C26H27ClN4O/c27-19-8-5-17(6-9-19)14-24(32)31-26-23(13-16-3-1-2-4-16)29-25-21-11-10-20(28)15-18(21)7-12-22(25)30-26/h5-6,8-11,15-16H,1-4,7,12-14,28H2,(H,30,31,32). The second kappa shape index (κ2) is 8.91. The zero-order chi connectivity index (χ0) is 22.1. The van der Waals surface area contributed by atoms with Crippen molar-refractivity contribution in [2.75, 3.05) is 11.1 Å². The van der Waals surface area contributed by atoms with Gasteiger partial charge in [-0.2, -0.15) is 0 Å². The molecule has 1 saturated carbocycles. The van der Waals surface area contributed by atoms with Crippen molar-refractivity contribution in [2.45, 2.75) is 51.4 Å². The summed E-state index contributed by atoms with van der Waals surface area (Å²) in [6.45, 7) is 0. The van der Waals surface area contributed by atoms with Crippen LogP contribution in [-0.4, -0.2) is 15.9 Å². The van der Waals surface area contributed by atoms with E-state index in [-0.39, 0.29) is 12.3 Å². The van der Waals surface area contributed by atoms with Gasteiger partial charge >= 0.3 is 0 Å². The van der Waals surface area contributed by atoms with Crippen LogP contribution in [0.25, 0.3) is 11.3 Å². The van der Waals surface area contributed by atoms with Crippen molar-refractivity contribution in [2.24, 2.45) is 5.92 Å². The van der Waals surface area contributed by atoms with E-state index in [9.17, 15) is 4.79 Å². The van der Waals surface area contributed by atoms with E-state index in [1.165, 1.54) is 31.2 Å². The van der Waals surface area contributed by atoms with Gasteiger partial charge in [0, 0.05) is 16.3 Å². The summed E-state index contributed by atoms with van der Waals surface area (Å²) < 4.78 is 0. The van der Waals surface area contributed by atoms with Crippen molar-refractivity contribution in [3.63, 3.8) is 0 Å². The molecule has 3 N–H and O–H groups in total. The molecule has 0 radical (unpaired) electrons. The monoisotopic (exact) mass is 446 g/mol. The molecular formula is C26H27ClN4O. The van der Waals surface area contributed by atoms with Gasteiger partial charge in [-0.25, -0.2) is 9.97 Å². The molecule has 2 aliphatic rings. The lowest BCUT2D eigenvalue weighted by molar-refractivity contribution is -0.115. The fraction of sp³-hybridized carbons (Fsp3) is 0.346. The van der Waals surface area contributed by atoms with Gasteiger partial charge in [-0.05, 0) is 60.6 Å². The number of aryl methyl sites for hydroxylation is 2. The lowest BCUT2D eigenvalue weighted by atomic mass is 9.91. The Labute approximate surface area is 193 Å². The Kier molecular flexibility index (Phi) is 5.83. The number of rotatable bonds is 5. The number of nitrogens with one attached hydrogen (secondary N) is 1. The van der Waals surface area contributed by atoms with Crippen LogP contribution in [0.4, 0.5) is 11.5 Å². The fourth-order valence-corrected chi connectivity index (χ4v) is 5.02. The number of halogens is 1. The topological polar surface area (TPSA) is 80.9 Å². The van der Waals surface area contributed by atoms with Crippen LogP contribution in [-0.2, 0) is 30.5 Å². The summed E-state index contributed by atoms with van der Waals surface area (Å²) in [6, 6.07) is 13.4. The number of nitrogens with two attached hydrogens (primary N) is 1. The Morgan fingerprint density at radius 1 is 1.06 bits per heavy atom. The summed E-state index contributed by atoms with van der Waals surface area (Å²) >= 11 is 5.97. The molecule has 2 aliphatic carbocycles. The van der Waals surface area contributed by atoms with Crippen LogP contribution in [0.2, 0.25) is 5.02 Å². The van der Waals surface area contributed by atoms with Gasteiger partial charge in [0.15, 0.2) is 5.82 Å². The quantitative estimate of drug-likeness (QED) is 0.514. The molecule has 0 spiro atoms. The van der Waals surface area contributed by atoms with Crippen molar-refractivity contribution < 1.29 is 4.79 Å². The largest absolute Gasteiger partial charge is 0.399 e. The molecule has 2 aromatic carbocycles. The molecule has 1 amide bonds. The summed E-state index contributed by atoms with van der Waals surface area (Å²) in [5.41, 5.74) is 12.8. The van der Waals surface area contributed by atoms with E-state index < -0.39 is 0 Å². The Hall–Kier alpha value is -2.92. The van der Waals surface area contributed by atoms with Crippen LogP contribution in [0.3, 0.4) is 0 Å². The van der Waals surface area contributed by atoms with Crippen molar-refractivity contribution in [1.82, 2.24) is 9.97 Å². The first-order valence-corrected chi connectivity index (χ1v) is 11.8. The lowest BCUT2D eigenvalue weighted by Gasteiger charge is -2.22. The number of carbonyl (C=O) groups is 1. The minimum Gasteiger partial charge on any atom is -0.399 e. The van der Waals surface area contributed by atoms with Crippen LogP contribution >= 0.6 is 11.6 Å². The Morgan fingerprint density at radius 2 is 1.84 bits per heavy atom. The smallest absolute Gasteiger partial charge is 0.229 e. The molecule has 3 aromatic rings. The number of benzene rings is 2. The van der Waals surface area contributed by atoms with E-state index in [1.807, 2.05) is 24.3 Å². The van der Waals surface area contributed by atoms with Crippen molar-refractivity contribution in [3.8, 4) is 11.3 Å². The van der Waals surface area contributed by atoms with E-state index in [0.717, 1.165) is 53.2 Å². The van der Waals surface area contributed by atoms with Crippen LogP contribution in [0.5, 0.6) is 0 Å². The second-order valence-electron chi connectivity index (χ2n) is 8.94. The number of hydrogen-bond donors (Lipinski definition) is 2. The molecule has 0 atom stereocenters. The summed E-state index contributed by atoms with van der Waals surface area (Å²) in [6.07, 6.45) is 7.76. The predicted molar refractivity (Wildman–Crippen MR) is 129 cm³/mol. The molecule has 0 aliphatic heterocycles. The van der Waals surface area contributed by atoms with Crippen molar-refractivity contribution in [1.29, 1.82) is 0 Å². The highest BCUT2D eigenvalue weighted by Gasteiger charge is 2.25. The van der Waals surface area contributed by atoms with Gasteiger partial charge < -0.3 is 11.1 Å². The molecule has 5 nitrogen and oxygen atoms in total. The Bertz CT molecular complexity index is 1150. The highest BCUT2D eigenvalue weighted by molar-refractivity contribution is 6.30. The highest BCUT2D eigenvalue weighted by atomic mass is 35.5. The minimum atomic E-state index is -0.0850. The molecule has 1 heterocycles. The number of aromatic nitrogens is 2. The molecule has 0 saturated heterocycles. The van der Waals surface area contributed by atoms with E-state index in [1.54, 1.807) is 12.1 Å². The number of carbonyl (C=O) groups excluding carboxylic acids is 1. The van der Waals surface area contributed by atoms with E-state index in [2.05, 4.69) is 11.4 Å². The molecule has 1 fully saturated rings. The van der Waals surface area contributed by atoms with Gasteiger partial charge in [0.25, 0.3) is 0 Å². The highest BCUT2D eigenvalue weighted by Crippen LogP contribution is 2.35. The molecule has 5 rings (SSSR count). The zero-order valence-electron chi connectivity index (χ0n) is 18.0. The molecule has 1 aromatic heterocycles. The van der Waals surface area contributed by atoms with Crippen molar-refractivity contribution in [3.05, 3.63) is 70.0 Å². The summed E-state index contributed by atoms with van der Waals surface area (Å²) in [5.74, 6) is 1.13. The third-order valence-corrected chi connectivity index (χ3v) is 6.80. The molecule has 0 unspecified atom stereocenters. The number of amides is 1. The Balaban J connectivity index is 1.46. The molecular weight excluding hydrogens is 420 g/mol. The average Bonchev–Trinajstić information content (AvgIpc) is 3.29. The predicted octanol–water partition coefficient (Wildman–Crippen LogP) is 5.39. The maximum atomic E-state index is 12.8. The van der Waals surface area contributed by atoms with Crippen LogP contribution in [0.1, 0.15) is 48.2 Å². The zero-order valence-corrected chi connectivity index (χ0v) is 18.8. The summed E-state index contributed by atoms with van der Waals surface area (Å²) in [7, 11) is 0. The van der Waals surface area contributed by atoms with Crippen molar-refractivity contribution >= 4 is 29.0 Å².